The summed E-state index contributed by atoms with van der Waals surface area (Å²) in [5.41, 5.74) is 2.32. The summed E-state index contributed by atoms with van der Waals surface area (Å²) in [7, 11) is 0. The maximum atomic E-state index is 11.7. The molecule has 0 aromatic heterocycles. The fraction of sp³-hybridized carbons (Fsp3) is 0.231. The predicted molar refractivity (Wildman–Crippen MR) is 65.3 cm³/mol. The Hall–Kier alpha value is -1.79. The quantitative estimate of drug-likeness (QED) is 0.564. The first-order valence-corrected chi connectivity index (χ1v) is 5.71. The molecular weight excluding hydrogens is 236 g/mol. The van der Waals surface area contributed by atoms with Gasteiger partial charge in [0.1, 0.15) is 0 Å². The van der Waals surface area contributed by atoms with Gasteiger partial charge >= 0.3 is 0 Å². The van der Waals surface area contributed by atoms with Gasteiger partial charge in [0.05, 0.1) is 6.07 Å². The second-order valence-corrected chi connectivity index (χ2v) is 4.32. The van der Waals surface area contributed by atoms with Gasteiger partial charge in [-0.15, -0.1) is 0 Å². The monoisotopic (exact) mass is 246 g/mol. The average molecular weight is 247 g/mol. The highest BCUT2D eigenvalue weighted by atomic mass is 35.5. The van der Waals surface area contributed by atoms with Crippen LogP contribution in [0, 0.1) is 11.3 Å². The summed E-state index contributed by atoms with van der Waals surface area (Å²) in [5, 5.41) is 9.07. The van der Waals surface area contributed by atoms with Gasteiger partial charge in [-0.3, -0.25) is 4.79 Å². The second kappa shape index (κ2) is 5.03. The number of rotatable bonds is 1. The van der Waals surface area contributed by atoms with Gasteiger partial charge in [-0.05, 0) is 29.7 Å². The number of carbonyl (C=O) groups is 1. The molecule has 86 valence electrons. The molecule has 1 aromatic carbocycles. The predicted octanol–water partition coefficient (Wildman–Crippen LogP) is 2.30. The van der Waals surface area contributed by atoms with Crippen LogP contribution in [0.1, 0.15) is 11.1 Å². The van der Waals surface area contributed by atoms with Crippen molar-refractivity contribution in [3.63, 3.8) is 0 Å². The molecule has 0 saturated carbocycles. The molecule has 2 rings (SSSR count). The standard InChI is InChI=1S/C13H11ClN2O/c14-12-4-3-10-5-7-16(9-11(10)8-12)13(17)2-1-6-15/h1-4,8H,5,7,9H2/b2-1+. The summed E-state index contributed by atoms with van der Waals surface area (Å²) in [6.07, 6.45) is 3.34. The van der Waals surface area contributed by atoms with Crippen LogP contribution in [0.3, 0.4) is 0 Å². The Kier molecular flexibility index (Phi) is 3.46. The van der Waals surface area contributed by atoms with Gasteiger partial charge in [0.25, 0.3) is 0 Å². The third kappa shape index (κ3) is 2.66. The van der Waals surface area contributed by atoms with Crippen molar-refractivity contribution in [1.29, 1.82) is 5.26 Å². The first-order chi connectivity index (χ1) is 8.20. The van der Waals surface area contributed by atoms with Crippen molar-refractivity contribution in [1.82, 2.24) is 4.90 Å². The van der Waals surface area contributed by atoms with E-state index in [2.05, 4.69) is 0 Å². The van der Waals surface area contributed by atoms with Gasteiger partial charge in [0.15, 0.2) is 0 Å². The topological polar surface area (TPSA) is 44.1 Å². The zero-order chi connectivity index (χ0) is 12.3. The maximum Gasteiger partial charge on any atom is 0.247 e. The zero-order valence-corrected chi connectivity index (χ0v) is 9.94. The van der Waals surface area contributed by atoms with Crippen LogP contribution in [-0.4, -0.2) is 17.4 Å². The molecule has 0 spiro atoms. The van der Waals surface area contributed by atoms with Crippen LogP contribution >= 0.6 is 11.6 Å². The van der Waals surface area contributed by atoms with Gasteiger partial charge in [-0.1, -0.05) is 17.7 Å². The minimum atomic E-state index is -0.128. The summed E-state index contributed by atoms with van der Waals surface area (Å²) in [5.74, 6) is -0.128. The zero-order valence-electron chi connectivity index (χ0n) is 9.19. The largest absolute Gasteiger partial charge is 0.334 e. The molecule has 3 nitrogen and oxygen atoms in total. The number of benzene rings is 1. The van der Waals surface area contributed by atoms with Gasteiger partial charge in [0, 0.05) is 30.3 Å². The highest BCUT2D eigenvalue weighted by Crippen LogP contribution is 2.22. The van der Waals surface area contributed by atoms with Gasteiger partial charge in [-0.25, -0.2) is 0 Å². The Balaban J connectivity index is 2.16. The molecule has 0 radical (unpaired) electrons. The summed E-state index contributed by atoms with van der Waals surface area (Å²) in [4.78, 5) is 13.4. The third-order valence-electron chi connectivity index (χ3n) is 2.79. The van der Waals surface area contributed by atoms with E-state index in [9.17, 15) is 4.79 Å². The number of fused-ring (bicyclic) bond motifs is 1. The minimum absolute atomic E-state index is 0.128. The van der Waals surface area contributed by atoms with E-state index in [-0.39, 0.29) is 5.91 Å². The molecule has 0 unspecified atom stereocenters. The lowest BCUT2D eigenvalue weighted by atomic mass is 10.00. The normalized spacial score (nSPS) is 14.5. The molecule has 17 heavy (non-hydrogen) atoms. The Bertz CT molecular complexity index is 517. The number of halogens is 1. The van der Waals surface area contributed by atoms with E-state index in [1.54, 1.807) is 4.90 Å². The second-order valence-electron chi connectivity index (χ2n) is 3.89. The van der Waals surface area contributed by atoms with Crippen molar-refractivity contribution in [3.8, 4) is 6.07 Å². The van der Waals surface area contributed by atoms with E-state index in [0.29, 0.717) is 18.1 Å². The molecule has 1 heterocycles. The highest BCUT2D eigenvalue weighted by Gasteiger charge is 2.18. The summed E-state index contributed by atoms with van der Waals surface area (Å²) in [6, 6.07) is 7.58. The van der Waals surface area contributed by atoms with Crippen LogP contribution in [0.4, 0.5) is 0 Å². The van der Waals surface area contributed by atoms with Crippen molar-refractivity contribution in [2.24, 2.45) is 0 Å². The van der Waals surface area contributed by atoms with Gasteiger partial charge < -0.3 is 4.90 Å². The number of nitriles is 1. The first-order valence-electron chi connectivity index (χ1n) is 5.33. The van der Waals surface area contributed by atoms with E-state index in [1.807, 2.05) is 24.3 Å². The Morgan fingerprint density at radius 3 is 3.06 bits per heavy atom. The Morgan fingerprint density at radius 2 is 2.29 bits per heavy atom. The van der Waals surface area contributed by atoms with Crippen LogP contribution < -0.4 is 0 Å². The van der Waals surface area contributed by atoms with E-state index in [0.717, 1.165) is 12.0 Å². The SMILES string of the molecule is N#C/C=C/C(=O)N1CCc2ccc(Cl)cc2C1. The molecule has 1 aliphatic rings. The Morgan fingerprint density at radius 1 is 1.47 bits per heavy atom. The molecule has 0 fully saturated rings. The van der Waals surface area contributed by atoms with Gasteiger partial charge in [0.2, 0.25) is 5.91 Å². The fourth-order valence-corrected chi connectivity index (χ4v) is 2.12. The molecule has 1 aliphatic heterocycles. The molecule has 0 aliphatic carbocycles. The number of hydrogen-bond donors (Lipinski definition) is 0. The number of hydrogen-bond acceptors (Lipinski definition) is 2. The minimum Gasteiger partial charge on any atom is -0.334 e. The van der Waals surface area contributed by atoms with E-state index >= 15 is 0 Å². The lowest BCUT2D eigenvalue weighted by molar-refractivity contribution is -0.126. The number of carbonyl (C=O) groups excluding carboxylic acids is 1. The van der Waals surface area contributed by atoms with Crippen LogP contribution in [0.15, 0.2) is 30.4 Å². The van der Waals surface area contributed by atoms with Crippen molar-refractivity contribution in [3.05, 3.63) is 46.5 Å². The average Bonchev–Trinajstić information content (AvgIpc) is 2.35. The molecule has 4 heteroatoms. The van der Waals surface area contributed by atoms with Gasteiger partial charge in [-0.2, -0.15) is 5.26 Å². The molecular formula is C13H11ClN2O. The van der Waals surface area contributed by atoms with E-state index in [1.165, 1.54) is 17.7 Å². The summed E-state index contributed by atoms with van der Waals surface area (Å²) >= 11 is 5.93. The molecule has 0 saturated heterocycles. The third-order valence-corrected chi connectivity index (χ3v) is 3.03. The van der Waals surface area contributed by atoms with Crippen molar-refractivity contribution in [2.45, 2.75) is 13.0 Å². The summed E-state index contributed by atoms with van der Waals surface area (Å²) in [6.45, 7) is 1.24. The Labute approximate surface area is 105 Å². The number of nitrogens with zero attached hydrogens (tertiary/aromatic N) is 2. The maximum absolute atomic E-state index is 11.7. The number of allylic oxidation sites excluding steroid dienone is 1. The lowest BCUT2D eigenvalue weighted by Gasteiger charge is -2.28. The van der Waals surface area contributed by atoms with E-state index in [4.69, 9.17) is 16.9 Å². The summed E-state index contributed by atoms with van der Waals surface area (Å²) < 4.78 is 0. The van der Waals surface area contributed by atoms with Crippen molar-refractivity contribution >= 4 is 17.5 Å². The molecule has 1 aromatic rings. The fourth-order valence-electron chi connectivity index (χ4n) is 1.93. The van der Waals surface area contributed by atoms with Crippen LogP contribution in [0.25, 0.3) is 0 Å². The van der Waals surface area contributed by atoms with Crippen LogP contribution in [0.5, 0.6) is 0 Å². The van der Waals surface area contributed by atoms with Crippen molar-refractivity contribution < 1.29 is 4.79 Å². The molecule has 0 bridgehead atoms. The highest BCUT2D eigenvalue weighted by molar-refractivity contribution is 6.30. The molecule has 1 amide bonds. The van der Waals surface area contributed by atoms with Crippen molar-refractivity contribution in [2.75, 3.05) is 6.54 Å². The number of amides is 1. The van der Waals surface area contributed by atoms with Crippen LogP contribution in [0.2, 0.25) is 5.02 Å². The molecule has 0 atom stereocenters. The first kappa shape index (κ1) is 11.7. The van der Waals surface area contributed by atoms with E-state index < -0.39 is 0 Å². The van der Waals surface area contributed by atoms with Crippen LogP contribution in [-0.2, 0) is 17.8 Å². The lowest BCUT2D eigenvalue weighted by Crippen LogP contribution is -2.34. The smallest absolute Gasteiger partial charge is 0.247 e. The molecule has 0 N–H and O–H groups in total.